The van der Waals surface area contributed by atoms with Crippen molar-refractivity contribution in [2.75, 3.05) is 46.3 Å². The van der Waals surface area contributed by atoms with Crippen molar-refractivity contribution in [3.63, 3.8) is 0 Å². The zero-order valence-corrected chi connectivity index (χ0v) is 18.6. The fraction of sp³-hybridized carbons (Fsp3) is 0.318. The molecular formula is C22H24Cl3N3O. The lowest BCUT2D eigenvalue weighted by atomic mass is 10.1. The second-order valence-corrected chi connectivity index (χ2v) is 8.39. The molecule has 0 saturated carbocycles. The van der Waals surface area contributed by atoms with Crippen molar-refractivity contribution < 1.29 is 4.79 Å². The first-order valence-electron chi connectivity index (χ1n) is 9.54. The molecule has 1 heterocycles. The molecule has 1 amide bonds. The number of carbonyl (C=O) groups excluding carboxylic acids is 1. The minimum Gasteiger partial charge on any atom is -0.351 e. The summed E-state index contributed by atoms with van der Waals surface area (Å²) in [5.74, 6) is -0.0570. The van der Waals surface area contributed by atoms with E-state index in [9.17, 15) is 4.79 Å². The van der Waals surface area contributed by atoms with Gasteiger partial charge in [-0.05, 0) is 36.9 Å². The van der Waals surface area contributed by atoms with Crippen LogP contribution in [0.4, 0.5) is 0 Å². The number of piperazine rings is 1. The highest BCUT2D eigenvalue weighted by Crippen LogP contribution is 2.30. The molecule has 29 heavy (non-hydrogen) atoms. The summed E-state index contributed by atoms with van der Waals surface area (Å²) in [6, 6.07) is 10.7. The lowest BCUT2D eigenvalue weighted by Crippen LogP contribution is -2.46. The van der Waals surface area contributed by atoms with Crippen LogP contribution in [0.1, 0.15) is 21.5 Å². The highest BCUT2D eigenvalue weighted by atomic mass is 35.5. The summed E-state index contributed by atoms with van der Waals surface area (Å²) in [4.78, 5) is 17.0. The zero-order chi connectivity index (χ0) is 20.8. The minimum absolute atomic E-state index is 0.0570. The second-order valence-electron chi connectivity index (χ2n) is 7.14. The Morgan fingerprint density at radius 2 is 1.62 bits per heavy atom. The molecule has 2 aromatic rings. The van der Waals surface area contributed by atoms with Gasteiger partial charge in [-0.2, -0.15) is 0 Å². The van der Waals surface area contributed by atoms with Gasteiger partial charge >= 0.3 is 0 Å². The van der Waals surface area contributed by atoms with Crippen LogP contribution in [0.5, 0.6) is 0 Å². The summed E-state index contributed by atoms with van der Waals surface area (Å²) in [5.41, 5.74) is 2.30. The van der Waals surface area contributed by atoms with E-state index in [1.807, 2.05) is 36.4 Å². The molecule has 1 fully saturated rings. The van der Waals surface area contributed by atoms with Gasteiger partial charge in [0.05, 0.1) is 10.0 Å². The zero-order valence-electron chi connectivity index (χ0n) is 16.3. The number of rotatable bonds is 6. The maximum Gasteiger partial charge on any atom is 0.251 e. The van der Waals surface area contributed by atoms with Gasteiger partial charge < -0.3 is 10.2 Å². The summed E-state index contributed by atoms with van der Waals surface area (Å²) >= 11 is 18.3. The Hall–Kier alpha value is -1.56. The number of hydrogen-bond donors (Lipinski definition) is 1. The summed E-state index contributed by atoms with van der Waals surface area (Å²) in [7, 11) is 2.14. The van der Waals surface area contributed by atoms with Gasteiger partial charge in [-0.1, -0.05) is 59.1 Å². The molecule has 0 aliphatic carbocycles. The van der Waals surface area contributed by atoms with Gasteiger partial charge in [-0.15, -0.1) is 0 Å². The van der Waals surface area contributed by atoms with Crippen LogP contribution in [-0.2, 0) is 0 Å². The topological polar surface area (TPSA) is 35.6 Å². The SMILES string of the molecule is CN1CCN(CCNC(=O)c2ccc(/C=C/c3c(Cl)cc(Cl)cc3Cl)cc2)CC1. The number of halogens is 3. The normalized spacial score (nSPS) is 15.7. The first kappa shape index (κ1) is 22.1. The Morgan fingerprint density at radius 1 is 1.00 bits per heavy atom. The molecule has 1 saturated heterocycles. The van der Waals surface area contributed by atoms with Crippen LogP contribution < -0.4 is 5.32 Å². The van der Waals surface area contributed by atoms with Crippen LogP contribution in [0.3, 0.4) is 0 Å². The first-order valence-corrected chi connectivity index (χ1v) is 10.7. The standard InChI is InChI=1S/C22H24Cl3N3O/c1-27-10-12-28(13-11-27)9-8-26-22(29)17-5-2-16(3-6-17)4-7-19-20(24)14-18(23)15-21(19)25/h2-7,14-15H,8-13H2,1H3,(H,26,29)/b7-4+. The fourth-order valence-corrected chi connectivity index (χ4v) is 4.08. The molecule has 0 aromatic heterocycles. The molecule has 1 N–H and O–H groups in total. The van der Waals surface area contributed by atoms with Gasteiger partial charge in [0, 0.05) is 55.4 Å². The lowest BCUT2D eigenvalue weighted by Gasteiger charge is -2.32. The van der Waals surface area contributed by atoms with Crippen LogP contribution in [0.25, 0.3) is 12.2 Å². The molecule has 7 heteroatoms. The molecule has 2 aromatic carbocycles. The summed E-state index contributed by atoms with van der Waals surface area (Å²) < 4.78 is 0. The number of nitrogens with one attached hydrogen (secondary N) is 1. The van der Waals surface area contributed by atoms with E-state index in [1.54, 1.807) is 12.1 Å². The molecule has 1 aliphatic heterocycles. The minimum atomic E-state index is -0.0570. The van der Waals surface area contributed by atoms with Crippen LogP contribution in [0, 0.1) is 0 Å². The van der Waals surface area contributed by atoms with Crippen LogP contribution >= 0.6 is 34.8 Å². The highest BCUT2D eigenvalue weighted by molar-refractivity contribution is 6.40. The monoisotopic (exact) mass is 451 g/mol. The van der Waals surface area contributed by atoms with Crippen molar-refractivity contribution >= 4 is 52.9 Å². The van der Waals surface area contributed by atoms with Crippen LogP contribution in [-0.4, -0.2) is 62.0 Å². The predicted octanol–water partition coefficient (Wildman–Crippen LogP) is 4.79. The summed E-state index contributed by atoms with van der Waals surface area (Å²) in [6.07, 6.45) is 3.74. The summed E-state index contributed by atoms with van der Waals surface area (Å²) in [6.45, 7) is 5.79. The molecule has 0 unspecified atom stereocenters. The molecular weight excluding hydrogens is 429 g/mol. The third kappa shape index (κ3) is 6.46. The first-order chi connectivity index (χ1) is 13.9. The maximum atomic E-state index is 12.3. The van der Waals surface area contributed by atoms with E-state index >= 15 is 0 Å². The quantitative estimate of drug-likeness (QED) is 0.640. The third-order valence-electron chi connectivity index (χ3n) is 4.97. The lowest BCUT2D eigenvalue weighted by molar-refractivity contribution is 0.0941. The second kappa shape index (κ2) is 10.5. The summed E-state index contributed by atoms with van der Waals surface area (Å²) in [5, 5.41) is 4.49. The smallest absolute Gasteiger partial charge is 0.251 e. The largest absolute Gasteiger partial charge is 0.351 e. The highest BCUT2D eigenvalue weighted by Gasteiger charge is 2.13. The van der Waals surface area contributed by atoms with Gasteiger partial charge in [0.15, 0.2) is 0 Å². The number of benzene rings is 2. The molecule has 0 radical (unpaired) electrons. The molecule has 3 rings (SSSR count). The molecule has 0 atom stereocenters. The Balaban J connectivity index is 1.52. The Bertz CT molecular complexity index is 852. The number of nitrogens with zero attached hydrogens (tertiary/aromatic N) is 2. The van der Waals surface area contributed by atoms with Crippen molar-refractivity contribution in [1.82, 2.24) is 15.1 Å². The molecule has 0 bridgehead atoms. The van der Waals surface area contributed by atoms with Crippen molar-refractivity contribution in [3.05, 3.63) is 68.2 Å². The molecule has 4 nitrogen and oxygen atoms in total. The van der Waals surface area contributed by atoms with E-state index in [-0.39, 0.29) is 5.91 Å². The Labute approximate surface area is 187 Å². The number of amides is 1. The number of likely N-dealkylation sites (N-methyl/N-ethyl adjacent to an activating group) is 1. The van der Waals surface area contributed by atoms with Gasteiger partial charge in [-0.3, -0.25) is 9.69 Å². The molecule has 154 valence electrons. The van der Waals surface area contributed by atoms with Crippen molar-refractivity contribution in [3.8, 4) is 0 Å². The van der Waals surface area contributed by atoms with E-state index in [0.29, 0.717) is 32.7 Å². The molecule has 1 aliphatic rings. The van der Waals surface area contributed by atoms with Gasteiger partial charge in [0.25, 0.3) is 5.91 Å². The van der Waals surface area contributed by atoms with Crippen molar-refractivity contribution in [2.45, 2.75) is 0 Å². The van der Waals surface area contributed by atoms with Gasteiger partial charge in [-0.25, -0.2) is 0 Å². The van der Waals surface area contributed by atoms with Gasteiger partial charge in [0.1, 0.15) is 0 Å². The fourth-order valence-electron chi connectivity index (χ4n) is 3.14. The van der Waals surface area contributed by atoms with Crippen molar-refractivity contribution in [2.24, 2.45) is 0 Å². The van der Waals surface area contributed by atoms with E-state index in [1.165, 1.54) is 0 Å². The number of hydrogen-bond acceptors (Lipinski definition) is 3. The molecule has 0 spiro atoms. The Kier molecular flexibility index (Phi) is 7.99. The van der Waals surface area contributed by atoms with E-state index < -0.39 is 0 Å². The maximum absolute atomic E-state index is 12.3. The number of carbonyl (C=O) groups is 1. The average molecular weight is 453 g/mol. The van der Waals surface area contributed by atoms with E-state index in [2.05, 4.69) is 22.2 Å². The van der Waals surface area contributed by atoms with Crippen LogP contribution in [0.2, 0.25) is 15.1 Å². The average Bonchev–Trinajstić information content (AvgIpc) is 2.69. The van der Waals surface area contributed by atoms with E-state index in [4.69, 9.17) is 34.8 Å². The van der Waals surface area contributed by atoms with Crippen LogP contribution in [0.15, 0.2) is 36.4 Å². The predicted molar refractivity (Wildman–Crippen MR) is 123 cm³/mol. The Morgan fingerprint density at radius 3 is 2.24 bits per heavy atom. The van der Waals surface area contributed by atoms with Crippen molar-refractivity contribution in [1.29, 1.82) is 0 Å². The third-order valence-corrected chi connectivity index (χ3v) is 5.81. The van der Waals surface area contributed by atoms with E-state index in [0.717, 1.165) is 38.3 Å². The van der Waals surface area contributed by atoms with Gasteiger partial charge in [0.2, 0.25) is 0 Å².